The Morgan fingerprint density at radius 3 is 2.75 bits per heavy atom. The van der Waals surface area contributed by atoms with Gasteiger partial charge in [0.2, 0.25) is 0 Å². The van der Waals surface area contributed by atoms with Gasteiger partial charge < -0.3 is 10.1 Å². The lowest BCUT2D eigenvalue weighted by Crippen LogP contribution is -2.07. The molecule has 0 fully saturated rings. The largest absolute Gasteiger partial charge is 0.465 e. The van der Waals surface area contributed by atoms with Gasteiger partial charge in [0.1, 0.15) is 0 Å². The number of esters is 1. The molecule has 2 aromatic rings. The number of carbonyl (C=O) groups is 1. The summed E-state index contributed by atoms with van der Waals surface area (Å²) in [4.78, 5) is 11.7. The van der Waals surface area contributed by atoms with Gasteiger partial charge in [-0.3, -0.25) is 4.68 Å². The summed E-state index contributed by atoms with van der Waals surface area (Å²) in [6, 6.07) is 5.56. The van der Waals surface area contributed by atoms with Gasteiger partial charge in [0.15, 0.2) is 0 Å². The monoisotopic (exact) mass is 273 g/mol. The predicted octanol–water partition coefficient (Wildman–Crippen LogP) is 2.44. The van der Waals surface area contributed by atoms with Gasteiger partial charge in [-0.05, 0) is 31.5 Å². The maximum Gasteiger partial charge on any atom is 0.338 e. The highest BCUT2D eigenvalue weighted by molar-refractivity contribution is 5.92. The van der Waals surface area contributed by atoms with Crippen LogP contribution in [-0.2, 0) is 18.3 Å². The Labute approximate surface area is 118 Å². The van der Waals surface area contributed by atoms with E-state index in [2.05, 4.69) is 10.4 Å². The van der Waals surface area contributed by atoms with Gasteiger partial charge in [0.05, 0.1) is 18.4 Å². The smallest absolute Gasteiger partial charge is 0.338 e. The van der Waals surface area contributed by atoms with Gasteiger partial charge in [0.25, 0.3) is 0 Å². The van der Waals surface area contributed by atoms with Crippen molar-refractivity contribution in [1.29, 1.82) is 0 Å². The number of hydrogen-bond donors (Lipinski definition) is 1. The first-order valence-electron chi connectivity index (χ1n) is 6.44. The molecule has 1 N–H and O–H groups in total. The van der Waals surface area contributed by atoms with Crippen LogP contribution in [0.1, 0.15) is 27.2 Å². The van der Waals surface area contributed by atoms with Crippen molar-refractivity contribution in [3.8, 4) is 0 Å². The molecule has 1 aromatic heterocycles. The molecule has 0 unspecified atom stereocenters. The van der Waals surface area contributed by atoms with E-state index in [1.165, 1.54) is 7.11 Å². The number of aryl methyl sites for hydroxylation is 2. The van der Waals surface area contributed by atoms with Crippen LogP contribution in [0.4, 0.5) is 5.69 Å². The van der Waals surface area contributed by atoms with Crippen molar-refractivity contribution in [2.75, 3.05) is 12.4 Å². The first kappa shape index (κ1) is 14.1. The summed E-state index contributed by atoms with van der Waals surface area (Å²) in [6.45, 7) is 4.56. The molecule has 0 aliphatic carbocycles. The highest BCUT2D eigenvalue weighted by Crippen LogP contribution is 2.20. The summed E-state index contributed by atoms with van der Waals surface area (Å²) < 4.78 is 6.57. The van der Waals surface area contributed by atoms with Crippen LogP contribution in [0.3, 0.4) is 0 Å². The van der Waals surface area contributed by atoms with Gasteiger partial charge in [0, 0.05) is 31.0 Å². The fourth-order valence-electron chi connectivity index (χ4n) is 2.17. The number of methoxy groups -OCH3 is 1. The average Bonchev–Trinajstić information content (AvgIpc) is 2.75. The van der Waals surface area contributed by atoms with Crippen LogP contribution >= 0.6 is 0 Å². The number of carbonyl (C=O) groups excluding carboxylic acids is 1. The number of aromatic nitrogens is 2. The minimum absolute atomic E-state index is 0.316. The Hall–Kier alpha value is -2.30. The molecular formula is C15H19N3O2. The molecule has 5 nitrogen and oxygen atoms in total. The standard InChI is InChI=1S/C15H19N3O2/c1-10-13(15(19)20-4)6-5-7-14(10)16-8-12-9-18(3)17-11(12)2/h5-7,9,16H,8H2,1-4H3. The molecule has 1 heterocycles. The highest BCUT2D eigenvalue weighted by atomic mass is 16.5. The van der Waals surface area contributed by atoms with E-state index in [0.717, 1.165) is 22.5 Å². The number of rotatable bonds is 4. The van der Waals surface area contributed by atoms with Crippen LogP contribution in [0, 0.1) is 13.8 Å². The molecule has 0 bridgehead atoms. The molecule has 0 amide bonds. The number of nitrogens with one attached hydrogen (secondary N) is 1. The van der Waals surface area contributed by atoms with Crippen molar-refractivity contribution in [2.24, 2.45) is 7.05 Å². The summed E-state index contributed by atoms with van der Waals surface area (Å²) in [5, 5.41) is 7.65. The first-order chi connectivity index (χ1) is 9.52. The lowest BCUT2D eigenvalue weighted by Gasteiger charge is -2.12. The molecule has 1 aromatic carbocycles. The van der Waals surface area contributed by atoms with Crippen LogP contribution < -0.4 is 5.32 Å². The van der Waals surface area contributed by atoms with Gasteiger partial charge in [-0.1, -0.05) is 6.07 Å². The summed E-state index contributed by atoms with van der Waals surface area (Å²) in [7, 11) is 3.29. The third kappa shape index (κ3) is 2.82. The Morgan fingerprint density at radius 1 is 1.40 bits per heavy atom. The topological polar surface area (TPSA) is 56.1 Å². The molecular weight excluding hydrogens is 254 g/mol. The number of anilines is 1. The van der Waals surface area contributed by atoms with E-state index in [-0.39, 0.29) is 5.97 Å². The molecule has 0 saturated heterocycles. The second kappa shape index (κ2) is 5.77. The molecule has 0 atom stereocenters. The lowest BCUT2D eigenvalue weighted by molar-refractivity contribution is 0.0600. The number of nitrogens with zero attached hydrogens (tertiary/aromatic N) is 2. The van der Waals surface area contributed by atoms with E-state index in [4.69, 9.17) is 4.74 Å². The molecule has 0 aliphatic rings. The van der Waals surface area contributed by atoms with Crippen molar-refractivity contribution in [3.05, 3.63) is 46.8 Å². The molecule has 0 spiro atoms. The first-order valence-corrected chi connectivity index (χ1v) is 6.44. The van der Waals surface area contributed by atoms with Crippen LogP contribution in [0.5, 0.6) is 0 Å². The van der Waals surface area contributed by atoms with Crippen molar-refractivity contribution < 1.29 is 9.53 Å². The van der Waals surface area contributed by atoms with Crippen molar-refractivity contribution in [1.82, 2.24) is 9.78 Å². The summed E-state index contributed by atoms with van der Waals surface area (Å²) in [5.41, 5.74) is 4.54. The summed E-state index contributed by atoms with van der Waals surface area (Å²) in [5.74, 6) is -0.316. The Balaban J connectivity index is 2.18. The normalized spacial score (nSPS) is 10.4. The number of benzene rings is 1. The van der Waals surface area contributed by atoms with Crippen molar-refractivity contribution >= 4 is 11.7 Å². The van der Waals surface area contributed by atoms with Gasteiger partial charge in [-0.15, -0.1) is 0 Å². The zero-order chi connectivity index (χ0) is 14.7. The quantitative estimate of drug-likeness (QED) is 0.869. The van der Waals surface area contributed by atoms with Crippen LogP contribution in [0.25, 0.3) is 0 Å². The minimum atomic E-state index is -0.316. The maximum atomic E-state index is 11.7. The molecule has 0 saturated carbocycles. The van der Waals surface area contributed by atoms with Crippen LogP contribution in [0.15, 0.2) is 24.4 Å². The minimum Gasteiger partial charge on any atom is -0.465 e. The fraction of sp³-hybridized carbons (Fsp3) is 0.333. The van der Waals surface area contributed by atoms with Crippen LogP contribution in [-0.4, -0.2) is 22.9 Å². The van der Waals surface area contributed by atoms with E-state index in [9.17, 15) is 4.79 Å². The van der Waals surface area contributed by atoms with Gasteiger partial charge in [-0.25, -0.2) is 4.79 Å². The van der Waals surface area contributed by atoms with E-state index in [1.807, 2.05) is 39.2 Å². The van der Waals surface area contributed by atoms with Gasteiger partial charge in [-0.2, -0.15) is 5.10 Å². The molecule has 20 heavy (non-hydrogen) atoms. The molecule has 0 radical (unpaired) electrons. The van der Waals surface area contributed by atoms with Crippen molar-refractivity contribution in [2.45, 2.75) is 20.4 Å². The number of hydrogen-bond acceptors (Lipinski definition) is 4. The fourth-order valence-corrected chi connectivity index (χ4v) is 2.17. The lowest BCUT2D eigenvalue weighted by atomic mass is 10.1. The van der Waals surface area contributed by atoms with E-state index < -0.39 is 0 Å². The zero-order valence-corrected chi connectivity index (χ0v) is 12.2. The molecule has 2 rings (SSSR count). The maximum absolute atomic E-state index is 11.7. The summed E-state index contributed by atoms with van der Waals surface area (Å²) >= 11 is 0. The Morgan fingerprint density at radius 2 is 2.15 bits per heavy atom. The van der Waals surface area contributed by atoms with Crippen LogP contribution in [0.2, 0.25) is 0 Å². The van der Waals surface area contributed by atoms with E-state index in [1.54, 1.807) is 10.7 Å². The van der Waals surface area contributed by atoms with E-state index >= 15 is 0 Å². The molecule has 106 valence electrons. The summed E-state index contributed by atoms with van der Waals surface area (Å²) in [6.07, 6.45) is 1.99. The molecule has 5 heteroatoms. The Bertz CT molecular complexity index is 632. The SMILES string of the molecule is COC(=O)c1cccc(NCc2cn(C)nc2C)c1C. The second-order valence-electron chi connectivity index (χ2n) is 4.74. The van der Waals surface area contributed by atoms with Gasteiger partial charge >= 0.3 is 5.97 Å². The molecule has 0 aliphatic heterocycles. The highest BCUT2D eigenvalue weighted by Gasteiger charge is 2.12. The third-order valence-electron chi connectivity index (χ3n) is 3.32. The van der Waals surface area contributed by atoms with Crippen molar-refractivity contribution in [3.63, 3.8) is 0 Å². The van der Waals surface area contributed by atoms with E-state index in [0.29, 0.717) is 12.1 Å². The Kier molecular flexibility index (Phi) is 4.08. The second-order valence-corrected chi connectivity index (χ2v) is 4.74. The number of ether oxygens (including phenoxy) is 1. The third-order valence-corrected chi connectivity index (χ3v) is 3.32. The zero-order valence-electron chi connectivity index (χ0n) is 12.2. The predicted molar refractivity (Wildman–Crippen MR) is 77.8 cm³/mol. The average molecular weight is 273 g/mol.